The summed E-state index contributed by atoms with van der Waals surface area (Å²) in [5.41, 5.74) is 7.10. The molecule has 0 radical (unpaired) electrons. The summed E-state index contributed by atoms with van der Waals surface area (Å²) in [6, 6.07) is 5.02. The summed E-state index contributed by atoms with van der Waals surface area (Å²) in [6.07, 6.45) is 0. The second-order valence-electron chi connectivity index (χ2n) is 3.31. The lowest BCUT2D eigenvalue weighted by atomic mass is 10.2. The van der Waals surface area contributed by atoms with E-state index in [1.165, 1.54) is 11.5 Å². The van der Waals surface area contributed by atoms with Crippen LogP contribution in [0.4, 0.5) is 5.69 Å². The van der Waals surface area contributed by atoms with Crippen molar-refractivity contribution >= 4 is 34.7 Å². The molecule has 3 N–H and O–H groups in total. The summed E-state index contributed by atoms with van der Waals surface area (Å²) in [5, 5.41) is 9.19. The Morgan fingerprint density at radius 1 is 1.53 bits per heavy atom. The molecule has 1 aromatic heterocycles. The number of halogens is 1. The number of nitrogens with one attached hydrogen (secondary N) is 1. The molecule has 2 aromatic rings. The van der Waals surface area contributed by atoms with E-state index >= 15 is 0 Å². The average molecular weight is 269 g/mol. The van der Waals surface area contributed by atoms with Crippen LogP contribution in [0.15, 0.2) is 23.6 Å². The molecule has 0 spiro atoms. The highest BCUT2D eigenvalue weighted by Crippen LogP contribution is 2.20. The van der Waals surface area contributed by atoms with Gasteiger partial charge in [-0.1, -0.05) is 16.1 Å². The monoisotopic (exact) mass is 268 g/mol. The minimum Gasteiger partial charge on any atom is -0.379 e. The Labute approximate surface area is 107 Å². The summed E-state index contributed by atoms with van der Waals surface area (Å²) in [5.74, 6) is -0.547. The van der Waals surface area contributed by atoms with Crippen molar-refractivity contribution < 1.29 is 4.79 Å². The second-order valence-corrected chi connectivity index (χ2v) is 4.33. The first-order valence-electron chi connectivity index (χ1n) is 4.76. The number of aromatic nitrogens is 2. The number of nitrogens with two attached hydrogens (primary N) is 1. The molecule has 17 heavy (non-hydrogen) atoms. The average Bonchev–Trinajstić information content (AvgIpc) is 2.80. The molecule has 1 amide bonds. The van der Waals surface area contributed by atoms with Crippen LogP contribution in [0.2, 0.25) is 5.02 Å². The van der Waals surface area contributed by atoms with Crippen LogP contribution in [0.1, 0.15) is 16.1 Å². The van der Waals surface area contributed by atoms with E-state index in [0.717, 1.165) is 11.4 Å². The molecule has 0 unspecified atom stereocenters. The first-order valence-corrected chi connectivity index (χ1v) is 5.97. The van der Waals surface area contributed by atoms with Gasteiger partial charge in [-0.25, -0.2) is 0 Å². The predicted molar refractivity (Wildman–Crippen MR) is 67.2 cm³/mol. The third-order valence-electron chi connectivity index (χ3n) is 2.11. The summed E-state index contributed by atoms with van der Waals surface area (Å²) < 4.78 is 3.75. The molecule has 1 aromatic carbocycles. The molecule has 0 aliphatic rings. The third kappa shape index (κ3) is 2.92. The van der Waals surface area contributed by atoms with E-state index < -0.39 is 5.91 Å². The van der Waals surface area contributed by atoms with Crippen LogP contribution < -0.4 is 11.1 Å². The minimum absolute atomic E-state index is 0.299. The van der Waals surface area contributed by atoms with Crippen LogP contribution in [-0.2, 0) is 6.54 Å². The van der Waals surface area contributed by atoms with Crippen LogP contribution >= 0.6 is 23.1 Å². The Morgan fingerprint density at radius 2 is 2.35 bits per heavy atom. The van der Waals surface area contributed by atoms with Crippen molar-refractivity contribution in [1.82, 2.24) is 9.59 Å². The van der Waals surface area contributed by atoms with Gasteiger partial charge in [-0.05, 0) is 29.7 Å². The van der Waals surface area contributed by atoms with Gasteiger partial charge in [0.2, 0.25) is 5.91 Å². The van der Waals surface area contributed by atoms with E-state index in [2.05, 4.69) is 14.9 Å². The van der Waals surface area contributed by atoms with Crippen molar-refractivity contribution in [3.63, 3.8) is 0 Å². The van der Waals surface area contributed by atoms with Crippen molar-refractivity contribution in [3.8, 4) is 0 Å². The van der Waals surface area contributed by atoms with Crippen LogP contribution in [0, 0.1) is 0 Å². The quantitative estimate of drug-likeness (QED) is 0.887. The topological polar surface area (TPSA) is 80.9 Å². The first kappa shape index (κ1) is 11.8. The molecule has 88 valence electrons. The van der Waals surface area contributed by atoms with Gasteiger partial charge in [0.05, 0.1) is 22.8 Å². The summed E-state index contributed by atoms with van der Waals surface area (Å²) in [7, 11) is 0. The van der Waals surface area contributed by atoms with Gasteiger partial charge in [-0.2, -0.15) is 0 Å². The molecule has 7 heteroatoms. The number of amides is 1. The Kier molecular flexibility index (Phi) is 3.55. The number of nitrogens with zero attached hydrogens (tertiary/aromatic N) is 2. The molecular weight excluding hydrogens is 260 g/mol. The van der Waals surface area contributed by atoms with E-state index in [-0.39, 0.29) is 0 Å². The van der Waals surface area contributed by atoms with Crippen molar-refractivity contribution in [1.29, 1.82) is 0 Å². The molecule has 0 bridgehead atoms. The number of anilines is 1. The van der Waals surface area contributed by atoms with Crippen LogP contribution in [0.25, 0.3) is 0 Å². The molecule has 0 atom stereocenters. The zero-order valence-corrected chi connectivity index (χ0v) is 10.3. The van der Waals surface area contributed by atoms with E-state index in [0.29, 0.717) is 17.1 Å². The van der Waals surface area contributed by atoms with Gasteiger partial charge >= 0.3 is 0 Å². The van der Waals surface area contributed by atoms with Crippen LogP contribution in [0.5, 0.6) is 0 Å². The zero-order chi connectivity index (χ0) is 12.3. The number of benzene rings is 1. The van der Waals surface area contributed by atoms with E-state index in [4.69, 9.17) is 17.3 Å². The van der Waals surface area contributed by atoms with Gasteiger partial charge in [0.1, 0.15) is 0 Å². The maximum Gasteiger partial charge on any atom is 0.250 e. The summed E-state index contributed by atoms with van der Waals surface area (Å²) >= 11 is 7.13. The maximum absolute atomic E-state index is 11.1. The lowest BCUT2D eigenvalue weighted by molar-refractivity contribution is 0.100. The fourth-order valence-corrected chi connectivity index (χ4v) is 1.94. The molecule has 0 aliphatic heterocycles. The lowest BCUT2D eigenvalue weighted by Crippen LogP contribution is -2.12. The fraction of sp³-hybridized carbons (Fsp3) is 0.100. The lowest BCUT2D eigenvalue weighted by Gasteiger charge is -2.06. The largest absolute Gasteiger partial charge is 0.379 e. The first-order chi connectivity index (χ1) is 8.16. The van der Waals surface area contributed by atoms with E-state index in [1.807, 2.05) is 5.38 Å². The Morgan fingerprint density at radius 3 is 3.00 bits per heavy atom. The Hall–Kier alpha value is -1.66. The summed E-state index contributed by atoms with van der Waals surface area (Å²) in [6.45, 7) is 0.538. The number of hydrogen-bond acceptors (Lipinski definition) is 5. The molecule has 5 nitrogen and oxygen atoms in total. The molecule has 0 saturated heterocycles. The number of carbonyl (C=O) groups excluding carboxylic acids is 1. The standard InChI is InChI=1S/C10H9ClN4OS/c11-9-2-1-6(3-8(9)10(12)16)13-4-7-5-17-15-14-7/h1-3,5,13H,4H2,(H2,12,16). The van der Waals surface area contributed by atoms with Gasteiger partial charge in [-0.15, -0.1) is 5.10 Å². The third-order valence-corrected chi connectivity index (χ3v) is 2.99. The molecule has 0 fully saturated rings. The SMILES string of the molecule is NC(=O)c1cc(NCc2csnn2)ccc1Cl. The van der Waals surface area contributed by atoms with Crippen LogP contribution in [0.3, 0.4) is 0 Å². The smallest absolute Gasteiger partial charge is 0.250 e. The van der Waals surface area contributed by atoms with Crippen molar-refractivity contribution in [2.45, 2.75) is 6.54 Å². The van der Waals surface area contributed by atoms with Gasteiger partial charge in [0.25, 0.3) is 0 Å². The van der Waals surface area contributed by atoms with Crippen molar-refractivity contribution in [2.75, 3.05) is 5.32 Å². The van der Waals surface area contributed by atoms with Gasteiger partial charge in [-0.3, -0.25) is 4.79 Å². The highest BCUT2D eigenvalue weighted by atomic mass is 35.5. The van der Waals surface area contributed by atoms with E-state index in [1.54, 1.807) is 18.2 Å². The number of rotatable bonds is 4. The summed E-state index contributed by atoms with van der Waals surface area (Å²) in [4.78, 5) is 11.1. The molecule has 2 rings (SSSR count). The zero-order valence-electron chi connectivity index (χ0n) is 8.68. The molecule has 1 heterocycles. The van der Waals surface area contributed by atoms with Gasteiger partial charge in [0, 0.05) is 11.1 Å². The highest BCUT2D eigenvalue weighted by Gasteiger charge is 2.07. The minimum atomic E-state index is -0.547. The molecule has 0 saturated carbocycles. The van der Waals surface area contributed by atoms with Crippen molar-refractivity contribution in [3.05, 3.63) is 39.9 Å². The van der Waals surface area contributed by atoms with E-state index in [9.17, 15) is 4.79 Å². The Bertz CT molecular complexity index is 529. The maximum atomic E-state index is 11.1. The predicted octanol–water partition coefficient (Wildman–Crippen LogP) is 1.90. The molecular formula is C10H9ClN4OS. The Balaban J connectivity index is 2.11. The van der Waals surface area contributed by atoms with Gasteiger partial charge in [0.15, 0.2) is 0 Å². The molecule has 0 aliphatic carbocycles. The second kappa shape index (κ2) is 5.11. The normalized spacial score (nSPS) is 10.2. The van der Waals surface area contributed by atoms with Crippen molar-refractivity contribution in [2.24, 2.45) is 5.73 Å². The van der Waals surface area contributed by atoms with Gasteiger partial charge < -0.3 is 11.1 Å². The highest BCUT2D eigenvalue weighted by molar-refractivity contribution is 7.03. The fourth-order valence-electron chi connectivity index (χ4n) is 1.28. The van der Waals surface area contributed by atoms with Crippen LogP contribution in [-0.4, -0.2) is 15.5 Å². The number of carbonyl (C=O) groups is 1. The number of primary amides is 1. The number of hydrogen-bond donors (Lipinski definition) is 2.